The Morgan fingerprint density at radius 2 is 2.05 bits per heavy atom. The van der Waals surface area contributed by atoms with E-state index in [1.807, 2.05) is 29.2 Å². The maximum absolute atomic E-state index is 6.06. The van der Waals surface area contributed by atoms with Gasteiger partial charge in [0.15, 0.2) is 0 Å². The van der Waals surface area contributed by atoms with Crippen molar-refractivity contribution in [2.75, 3.05) is 0 Å². The van der Waals surface area contributed by atoms with E-state index in [9.17, 15) is 0 Å². The first-order valence-corrected chi connectivity index (χ1v) is 7.70. The molecule has 1 aromatic carbocycles. The average Bonchev–Trinajstić information content (AvgIpc) is 3.28. The average molecular weight is 293 g/mol. The molecule has 0 aliphatic heterocycles. The third-order valence-electron chi connectivity index (χ3n) is 4.38. The summed E-state index contributed by atoms with van der Waals surface area (Å²) in [5.41, 5.74) is 8.21. The van der Waals surface area contributed by atoms with Crippen LogP contribution in [0.5, 0.6) is 0 Å². The number of aromatic nitrogens is 4. The van der Waals surface area contributed by atoms with Crippen molar-refractivity contribution in [3.05, 3.63) is 55.1 Å². The first kappa shape index (κ1) is 13.3. The molecule has 1 saturated carbocycles. The molecule has 0 saturated heterocycles. The Kier molecular flexibility index (Phi) is 3.27. The molecule has 2 atom stereocenters. The van der Waals surface area contributed by atoms with Crippen molar-refractivity contribution >= 4 is 0 Å². The highest BCUT2D eigenvalue weighted by molar-refractivity contribution is 5.59. The Labute approximate surface area is 129 Å². The molecule has 112 valence electrons. The van der Waals surface area contributed by atoms with Crippen molar-refractivity contribution in [1.82, 2.24) is 19.3 Å². The minimum absolute atomic E-state index is 0.315. The summed E-state index contributed by atoms with van der Waals surface area (Å²) in [7, 11) is 0. The van der Waals surface area contributed by atoms with Gasteiger partial charge in [-0.2, -0.15) is 5.10 Å². The molecule has 2 N–H and O–H groups in total. The Morgan fingerprint density at radius 3 is 2.82 bits per heavy atom. The van der Waals surface area contributed by atoms with Crippen LogP contribution in [0.4, 0.5) is 0 Å². The second kappa shape index (κ2) is 5.42. The summed E-state index contributed by atoms with van der Waals surface area (Å²) < 4.78 is 4.14. The van der Waals surface area contributed by atoms with Crippen LogP contribution >= 0.6 is 0 Å². The van der Waals surface area contributed by atoms with E-state index in [1.54, 1.807) is 6.20 Å². The topological polar surface area (TPSA) is 61.7 Å². The van der Waals surface area contributed by atoms with Crippen LogP contribution in [-0.4, -0.2) is 25.4 Å². The molecule has 3 aromatic rings. The standard InChI is InChI=1S/C17H19N5/c18-14-5-6-15(12-14)21-10-8-19-17(21)13-3-1-4-16(11-13)22-9-2-7-20-22/h1-4,7-11,14-15H,5-6,12,18H2/t14-,15-/m1/s1. The van der Waals surface area contributed by atoms with Gasteiger partial charge in [-0.05, 0) is 37.5 Å². The van der Waals surface area contributed by atoms with E-state index >= 15 is 0 Å². The largest absolute Gasteiger partial charge is 0.328 e. The fourth-order valence-electron chi connectivity index (χ4n) is 3.28. The summed E-state index contributed by atoms with van der Waals surface area (Å²) in [6.07, 6.45) is 10.9. The van der Waals surface area contributed by atoms with Gasteiger partial charge < -0.3 is 10.3 Å². The molecular formula is C17H19N5. The minimum atomic E-state index is 0.315. The van der Waals surface area contributed by atoms with Gasteiger partial charge in [-0.1, -0.05) is 12.1 Å². The second-order valence-electron chi connectivity index (χ2n) is 5.89. The lowest BCUT2D eigenvalue weighted by Crippen LogP contribution is -2.16. The summed E-state index contributed by atoms with van der Waals surface area (Å²) in [5, 5.41) is 4.29. The Balaban J connectivity index is 1.71. The molecule has 5 heteroatoms. The van der Waals surface area contributed by atoms with Crippen LogP contribution < -0.4 is 5.73 Å². The Hall–Kier alpha value is -2.40. The molecule has 0 amide bonds. The number of nitrogens with two attached hydrogens (primary N) is 1. The monoisotopic (exact) mass is 293 g/mol. The predicted molar refractivity (Wildman–Crippen MR) is 85.6 cm³/mol. The van der Waals surface area contributed by atoms with Crippen LogP contribution in [0.3, 0.4) is 0 Å². The summed E-state index contributed by atoms with van der Waals surface area (Å²) in [6.45, 7) is 0. The van der Waals surface area contributed by atoms with Gasteiger partial charge in [0.05, 0.1) is 5.69 Å². The smallest absolute Gasteiger partial charge is 0.140 e. The molecule has 5 nitrogen and oxygen atoms in total. The first-order valence-electron chi connectivity index (χ1n) is 7.70. The van der Waals surface area contributed by atoms with E-state index in [1.165, 1.54) is 0 Å². The number of nitrogens with zero attached hydrogens (tertiary/aromatic N) is 4. The van der Waals surface area contributed by atoms with Crippen LogP contribution in [0.1, 0.15) is 25.3 Å². The van der Waals surface area contributed by atoms with Crippen molar-refractivity contribution in [2.45, 2.75) is 31.3 Å². The molecule has 2 heterocycles. The Morgan fingerprint density at radius 1 is 1.09 bits per heavy atom. The van der Waals surface area contributed by atoms with Gasteiger partial charge in [0.1, 0.15) is 5.82 Å². The van der Waals surface area contributed by atoms with Crippen LogP contribution in [0.25, 0.3) is 17.1 Å². The molecule has 1 aliphatic rings. The lowest BCUT2D eigenvalue weighted by atomic mass is 10.1. The lowest BCUT2D eigenvalue weighted by Gasteiger charge is -2.15. The predicted octanol–water partition coefficient (Wildman–Crippen LogP) is 2.79. The lowest BCUT2D eigenvalue weighted by molar-refractivity contribution is 0.514. The maximum Gasteiger partial charge on any atom is 0.140 e. The van der Waals surface area contributed by atoms with E-state index in [2.05, 4.69) is 39.0 Å². The van der Waals surface area contributed by atoms with Gasteiger partial charge in [0, 0.05) is 42.4 Å². The van der Waals surface area contributed by atoms with Crippen LogP contribution in [-0.2, 0) is 0 Å². The number of rotatable bonds is 3. The van der Waals surface area contributed by atoms with Crippen LogP contribution in [0, 0.1) is 0 Å². The van der Waals surface area contributed by atoms with Gasteiger partial charge in [0.25, 0.3) is 0 Å². The van der Waals surface area contributed by atoms with Crippen molar-refractivity contribution in [2.24, 2.45) is 5.73 Å². The molecule has 0 unspecified atom stereocenters. The molecule has 1 fully saturated rings. The van der Waals surface area contributed by atoms with Gasteiger partial charge in [-0.15, -0.1) is 0 Å². The summed E-state index contributed by atoms with van der Waals surface area (Å²) in [6, 6.07) is 11.0. The summed E-state index contributed by atoms with van der Waals surface area (Å²) in [5.74, 6) is 1.01. The minimum Gasteiger partial charge on any atom is -0.328 e. The molecular weight excluding hydrogens is 274 g/mol. The van der Waals surface area contributed by atoms with Crippen LogP contribution in [0.2, 0.25) is 0 Å². The van der Waals surface area contributed by atoms with Crippen molar-refractivity contribution in [3.63, 3.8) is 0 Å². The highest BCUT2D eigenvalue weighted by Gasteiger charge is 2.25. The maximum atomic E-state index is 6.06. The molecule has 0 radical (unpaired) electrons. The van der Waals surface area contributed by atoms with Gasteiger partial charge in [-0.3, -0.25) is 0 Å². The number of benzene rings is 1. The van der Waals surface area contributed by atoms with Gasteiger partial charge in [-0.25, -0.2) is 9.67 Å². The molecule has 1 aliphatic carbocycles. The van der Waals surface area contributed by atoms with E-state index in [0.29, 0.717) is 12.1 Å². The first-order chi connectivity index (χ1) is 10.8. The van der Waals surface area contributed by atoms with E-state index < -0.39 is 0 Å². The molecule has 2 aromatic heterocycles. The van der Waals surface area contributed by atoms with Gasteiger partial charge >= 0.3 is 0 Å². The summed E-state index contributed by atoms with van der Waals surface area (Å²) >= 11 is 0. The fraction of sp³-hybridized carbons (Fsp3) is 0.294. The summed E-state index contributed by atoms with van der Waals surface area (Å²) in [4.78, 5) is 4.57. The van der Waals surface area contributed by atoms with Gasteiger partial charge in [0.2, 0.25) is 0 Å². The molecule has 22 heavy (non-hydrogen) atoms. The van der Waals surface area contributed by atoms with Crippen LogP contribution in [0.15, 0.2) is 55.1 Å². The van der Waals surface area contributed by atoms with E-state index in [4.69, 9.17) is 5.73 Å². The number of hydrogen-bond acceptors (Lipinski definition) is 3. The third kappa shape index (κ3) is 2.33. The second-order valence-corrected chi connectivity index (χ2v) is 5.89. The fourth-order valence-corrected chi connectivity index (χ4v) is 3.28. The normalized spacial score (nSPS) is 21.3. The van der Waals surface area contributed by atoms with Crippen molar-refractivity contribution in [3.8, 4) is 17.1 Å². The van der Waals surface area contributed by atoms with E-state index in [-0.39, 0.29) is 0 Å². The Bertz CT molecular complexity index is 759. The molecule has 4 rings (SSSR count). The zero-order valence-electron chi connectivity index (χ0n) is 12.3. The zero-order chi connectivity index (χ0) is 14.9. The van der Waals surface area contributed by atoms with E-state index in [0.717, 1.165) is 36.3 Å². The van der Waals surface area contributed by atoms with Crippen molar-refractivity contribution in [1.29, 1.82) is 0 Å². The van der Waals surface area contributed by atoms with Crippen molar-refractivity contribution < 1.29 is 0 Å². The number of imidazole rings is 1. The third-order valence-corrected chi connectivity index (χ3v) is 4.38. The SMILES string of the molecule is N[C@@H]1CC[C@@H](n2ccnc2-c2cccc(-n3cccn3)c2)C1. The number of hydrogen-bond donors (Lipinski definition) is 1. The highest BCUT2D eigenvalue weighted by Crippen LogP contribution is 2.32. The quantitative estimate of drug-likeness (QED) is 0.807. The molecule has 0 bridgehead atoms. The molecule has 0 spiro atoms. The zero-order valence-corrected chi connectivity index (χ0v) is 12.3. The highest BCUT2D eigenvalue weighted by atomic mass is 15.3.